The molecule has 1 nitrogen and oxygen atoms in total. The molecule has 0 unspecified atom stereocenters. The summed E-state index contributed by atoms with van der Waals surface area (Å²) in [7, 11) is 0. The molecule has 0 amide bonds. The molecule has 0 aromatic carbocycles. The third-order valence-electron chi connectivity index (χ3n) is 5.03. The SMILES string of the molecule is C[C@@]12C[C@H]3C[C@@H]1CCC[C@@H]2[C@H]3O. The van der Waals surface area contributed by atoms with Crippen molar-refractivity contribution in [1.82, 2.24) is 0 Å². The summed E-state index contributed by atoms with van der Waals surface area (Å²) in [6.45, 7) is 2.43. The van der Waals surface area contributed by atoms with Crippen LogP contribution in [-0.4, -0.2) is 11.2 Å². The Morgan fingerprint density at radius 3 is 2.83 bits per heavy atom. The van der Waals surface area contributed by atoms with E-state index in [1.165, 1.54) is 32.1 Å². The molecule has 0 aromatic rings. The van der Waals surface area contributed by atoms with Crippen LogP contribution in [0.2, 0.25) is 0 Å². The van der Waals surface area contributed by atoms with E-state index in [-0.39, 0.29) is 6.10 Å². The molecule has 3 aliphatic rings. The Hall–Kier alpha value is -0.0400. The molecule has 3 rings (SSSR count). The molecule has 3 aliphatic carbocycles. The molecule has 0 heterocycles. The first kappa shape index (κ1) is 7.37. The van der Waals surface area contributed by atoms with E-state index >= 15 is 0 Å². The fourth-order valence-electron chi connectivity index (χ4n) is 4.41. The Bertz CT molecular complexity index is 213. The minimum absolute atomic E-state index is 0.0616. The lowest BCUT2D eigenvalue weighted by Crippen LogP contribution is -2.41. The number of hydrogen-bond donors (Lipinski definition) is 1. The van der Waals surface area contributed by atoms with E-state index in [0.717, 1.165) is 5.92 Å². The van der Waals surface area contributed by atoms with E-state index < -0.39 is 0 Å². The molecule has 5 atom stereocenters. The van der Waals surface area contributed by atoms with Gasteiger partial charge in [0.05, 0.1) is 6.10 Å². The second-order valence-electron chi connectivity index (χ2n) is 5.43. The van der Waals surface area contributed by atoms with Crippen LogP contribution in [0.25, 0.3) is 0 Å². The Balaban J connectivity index is 2.00. The van der Waals surface area contributed by atoms with Crippen molar-refractivity contribution in [2.45, 2.75) is 45.1 Å². The quantitative estimate of drug-likeness (QED) is 0.585. The maximum atomic E-state index is 10.00. The number of hydrogen-bond acceptors (Lipinski definition) is 1. The smallest absolute Gasteiger partial charge is 0.0602 e. The Morgan fingerprint density at radius 1 is 1.33 bits per heavy atom. The fraction of sp³-hybridized carbons (Fsp3) is 1.00. The average molecular weight is 166 g/mol. The molecule has 0 radical (unpaired) electrons. The van der Waals surface area contributed by atoms with Crippen molar-refractivity contribution >= 4 is 0 Å². The second-order valence-corrected chi connectivity index (χ2v) is 5.43. The van der Waals surface area contributed by atoms with Crippen molar-refractivity contribution in [1.29, 1.82) is 0 Å². The predicted molar refractivity (Wildman–Crippen MR) is 47.7 cm³/mol. The summed E-state index contributed by atoms with van der Waals surface area (Å²) < 4.78 is 0. The van der Waals surface area contributed by atoms with E-state index in [2.05, 4.69) is 6.92 Å². The van der Waals surface area contributed by atoms with Gasteiger partial charge in [-0.2, -0.15) is 0 Å². The first-order chi connectivity index (χ1) is 5.72. The molecular weight excluding hydrogens is 148 g/mol. The molecule has 0 aromatic heterocycles. The van der Waals surface area contributed by atoms with Crippen molar-refractivity contribution in [2.75, 3.05) is 0 Å². The lowest BCUT2D eigenvalue weighted by atomic mass is 9.61. The van der Waals surface area contributed by atoms with Crippen LogP contribution in [0, 0.1) is 23.2 Å². The number of rotatable bonds is 0. The maximum absolute atomic E-state index is 10.00. The summed E-state index contributed by atoms with van der Waals surface area (Å²) in [4.78, 5) is 0. The third-order valence-corrected chi connectivity index (χ3v) is 5.03. The number of aliphatic hydroxyl groups is 1. The highest BCUT2D eigenvalue weighted by molar-refractivity contribution is 5.09. The normalized spacial score (nSPS) is 62.5. The van der Waals surface area contributed by atoms with E-state index in [4.69, 9.17) is 0 Å². The largest absolute Gasteiger partial charge is 0.393 e. The highest BCUT2D eigenvalue weighted by Gasteiger charge is 2.60. The van der Waals surface area contributed by atoms with Gasteiger partial charge in [0, 0.05) is 0 Å². The summed E-state index contributed by atoms with van der Waals surface area (Å²) in [5.74, 6) is 2.30. The van der Waals surface area contributed by atoms with Crippen LogP contribution < -0.4 is 0 Å². The molecule has 2 bridgehead atoms. The Kier molecular flexibility index (Phi) is 1.27. The molecule has 12 heavy (non-hydrogen) atoms. The van der Waals surface area contributed by atoms with Crippen molar-refractivity contribution in [3.8, 4) is 0 Å². The fourth-order valence-corrected chi connectivity index (χ4v) is 4.41. The van der Waals surface area contributed by atoms with Crippen molar-refractivity contribution in [3.63, 3.8) is 0 Å². The van der Waals surface area contributed by atoms with Crippen molar-refractivity contribution in [2.24, 2.45) is 23.2 Å². The van der Waals surface area contributed by atoms with Gasteiger partial charge in [-0.25, -0.2) is 0 Å². The zero-order chi connectivity index (χ0) is 8.34. The molecule has 0 saturated heterocycles. The molecule has 1 heteroatoms. The van der Waals surface area contributed by atoms with Gasteiger partial charge in [0.25, 0.3) is 0 Å². The van der Waals surface area contributed by atoms with E-state index in [1.807, 2.05) is 0 Å². The summed E-state index contributed by atoms with van der Waals surface area (Å²) >= 11 is 0. The van der Waals surface area contributed by atoms with Crippen LogP contribution in [-0.2, 0) is 0 Å². The van der Waals surface area contributed by atoms with Crippen LogP contribution in [0.5, 0.6) is 0 Å². The van der Waals surface area contributed by atoms with Crippen LogP contribution in [0.4, 0.5) is 0 Å². The predicted octanol–water partition coefficient (Wildman–Crippen LogP) is 2.19. The minimum atomic E-state index is 0.0616. The Morgan fingerprint density at radius 2 is 2.17 bits per heavy atom. The first-order valence-corrected chi connectivity index (χ1v) is 5.40. The van der Waals surface area contributed by atoms with Crippen LogP contribution in [0.1, 0.15) is 39.0 Å². The molecule has 68 valence electrons. The van der Waals surface area contributed by atoms with Gasteiger partial charge in [0.1, 0.15) is 0 Å². The van der Waals surface area contributed by atoms with Crippen molar-refractivity contribution < 1.29 is 5.11 Å². The molecule has 3 saturated carbocycles. The topological polar surface area (TPSA) is 20.2 Å². The summed E-state index contributed by atoms with van der Waals surface area (Å²) in [5.41, 5.74) is 0.544. The average Bonchev–Trinajstić information content (AvgIpc) is 2.47. The van der Waals surface area contributed by atoms with Crippen LogP contribution in [0.15, 0.2) is 0 Å². The van der Waals surface area contributed by atoms with Crippen molar-refractivity contribution in [3.05, 3.63) is 0 Å². The van der Waals surface area contributed by atoms with E-state index in [1.54, 1.807) is 0 Å². The summed E-state index contributed by atoms with van der Waals surface area (Å²) in [5, 5.41) is 10.00. The lowest BCUT2D eigenvalue weighted by molar-refractivity contribution is -0.0287. The molecule has 1 N–H and O–H groups in total. The second kappa shape index (κ2) is 2.06. The standard InChI is InChI=1S/C11H18O/c1-11-6-7-5-8(11)3-2-4-9(11)10(7)12/h7-10,12H,2-6H2,1H3/t7-,8+,9-,10+,11-/m1/s1. The maximum Gasteiger partial charge on any atom is 0.0602 e. The van der Waals surface area contributed by atoms with Gasteiger partial charge in [-0.3, -0.25) is 0 Å². The first-order valence-electron chi connectivity index (χ1n) is 5.40. The molecular formula is C11H18O. The lowest BCUT2D eigenvalue weighted by Gasteiger charge is -2.45. The van der Waals surface area contributed by atoms with Gasteiger partial charge in [0.2, 0.25) is 0 Å². The van der Waals surface area contributed by atoms with Gasteiger partial charge < -0.3 is 5.11 Å². The zero-order valence-corrected chi connectivity index (χ0v) is 7.79. The van der Waals surface area contributed by atoms with Gasteiger partial charge in [-0.15, -0.1) is 0 Å². The minimum Gasteiger partial charge on any atom is -0.393 e. The molecule has 0 spiro atoms. The highest BCUT2D eigenvalue weighted by Crippen LogP contribution is 2.65. The third kappa shape index (κ3) is 0.654. The van der Waals surface area contributed by atoms with E-state index in [0.29, 0.717) is 17.3 Å². The summed E-state index contributed by atoms with van der Waals surface area (Å²) in [6.07, 6.45) is 6.82. The van der Waals surface area contributed by atoms with Crippen LogP contribution >= 0.6 is 0 Å². The van der Waals surface area contributed by atoms with Gasteiger partial charge in [-0.05, 0) is 48.9 Å². The van der Waals surface area contributed by atoms with Gasteiger partial charge in [0.15, 0.2) is 0 Å². The Labute approximate surface area is 74.2 Å². The van der Waals surface area contributed by atoms with E-state index in [9.17, 15) is 5.11 Å². The molecule has 3 fully saturated rings. The number of aliphatic hydroxyl groups excluding tert-OH is 1. The van der Waals surface area contributed by atoms with Gasteiger partial charge in [-0.1, -0.05) is 13.3 Å². The molecule has 0 aliphatic heterocycles. The number of fused-ring (bicyclic) bond motifs is 1. The van der Waals surface area contributed by atoms with Gasteiger partial charge >= 0.3 is 0 Å². The summed E-state index contributed by atoms with van der Waals surface area (Å²) in [6, 6.07) is 0. The zero-order valence-electron chi connectivity index (χ0n) is 7.79. The monoisotopic (exact) mass is 166 g/mol. The van der Waals surface area contributed by atoms with Crippen LogP contribution in [0.3, 0.4) is 0 Å². The highest BCUT2D eigenvalue weighted by atomic mass is 16.3.